The number of benzene rings is 1. The smallest absolute Gasteiger partial charge is 0.240 e. The zero-order valence-electron chi connectivity index (χ0n) is 10.8. The lowest BCUT2D eigenvalue weighted by atomic mass is 10.1. The van der Waals surface area contributed by atoms with Crippen molar-refractivity contribution >= 4 is 0 Å². The van der Waals surface area contributed by atoms with E-state index < -0.39 is 0 Å². The van der Waals surface area contributed by atoms with Crippen molar-refractivity contribution in [1.29, 1.82) is 0 Å². The molecular weight excluding hydrogens is 230 g/mol. The lowest BCUT2D eigenvalue weighted by Gasteiger charge is -2.18. The van der Waals surface area contributed by atoms with Gasteiger partial charge in [0, 0.05) is 11.1 Å². The van der Waals surface area contributed by atoms with Gasteiger partial charge in [0.15, 0.2) is 0 Å². The van der Waals surface area contributed by atoms with Crippen molar-refractivity contribution in [1.82, 2.24) is 15.5 Å². The van der Waals surface area contributed by atoms with Crippen molar-refractivity contribution in [3.63, 3.8) is 0 Å². The minimum Gasteiger partial charge on any atom is -0.508 e. The number of nitrogens with zero attached hydrogens (tertiary/aromatic N) is 2. The highest BCUT2D eigenvalue weighted by molar-refractivity contribution is 5.56. The first kappa shape index (κ1) is 12.6. The molecule has 2 aromatic rings. The molecule has 1 heterocycles. The Morgan fingerprint density at radius 1 is 1.33 bits per heavy atom. The summed E-state index contributed by atoms with van der Waals surface area (Å²) in [5.74, 6) is 1.20. The second-order valence-corrected chi connectivity index (χ2v) is 5.17. The van der Waals surface area contributed by atoms with Gasteiger partial charge in [0.2, 0.25) is 11.7 Å². The van der Waals surface area contributed by atoms with Crippen LogP contribution in [0.3, 0.4) is 0 Å². The molecule has 0 aliphatic rings. The fourth-order valence-electron chi connectivity index (χ4n) is 1.43. The van der Waals surface area contributed by atoms with Gasteiger partial charge in [0.1, 0.15) is 5.75 Å². The Morgan fingerprint density at radius 3 is 2.78 bits per heavy atom. The van der Waals surface area contributed by atoms with Crippen LogP contribution < -0.4 is 5.32 Å². The zero-order chi connectivity index (χ0) is 13.2. The third-order valence-corrected chi connectivity index (χ3v) is 2.34. The fraction of sp³-hybridized carbons (Fsp3) is 0.385. The Kier molecular flexibility index (Phi) is 3.34. The van der Waals surface area contributed by atoms with Gasteiger partial charge in [-0.3, -0.25) is 0 Å². The van der Waals surface area contributed by atoms with Crippen molar-refractivity contribution in [2.75, 3.05) is 0 Å². The zero-order valence-corrected chi connectivity index (χ0v) is 10.8. The number of nitrogens with one attached hydrogen (secondary N) is 1. The molecule has 0 radical (unpaired) electrons. The molecule has 18 heavy (non-hydrogen) atoms. The number of hydrogen-bond donors (Lipinski definition) is 2. The van der Waals surface area contributed by atoms with Crippen LogP contribution in [-0.2, 0) is 6.54 Å². The van der Waals surface area contributed by atoms with Gasteiger partial charge < -0.3 is 14.9 Å². The van der Waals surface area contributed by atoms with Crippen molar-refractivity contribution in [3.8, 4) is 17.1 Å². The maximum atomic E-state index is 9.39. The summed E-state index contributed by atoms with van der Waals surface area (Å²) >= 11 is 0. The van der Waals surface area contributed by atoms with Crippen LogP contribution in [0.1, 0.15) is 26.7 Å². The predicted molar refractivity (Wildman–Crippen MR) is 68.0 cm³/mol. The van der Waals surface area contributed by atoms with Gasteiger partial charge in [0.05, 0.1) is 6.54 Å². The van der Waals surface area contributed by atoms with E-state index in [1.54, 1.807) is 18.2 Å². The molecule has 5 heteroatoms. The van der Waals surface area contributed by atoms with Crippen molar-refractivity contribution in [2.45, 2.75) is 32.9 Å². The van der Waals surface area contributed by atoms with E-state index in [1.807, 2.05) is 6.07 Å². The van der Waals surface area contributed by atoms with E-state index in [-0.39, 0.29) is 11.3 Å². The van der Waals surface area contributed by atoms with Gasteiger partial charge in [-0.05, 0) is 32.9 Å². The molecule has 0 atom stereocenters. The quantitative estimate of drug-likeness (QED) is 0.871. The third kappa shape index (κ3) is 3.30. The molecule has 0 bridgehead atoms. The Bertz CT molecular complexity index is 529. The highest BCUT2D eigenvalue weighted by Gasteiger charge is 2.13. The summed E-state index contributed by atoms with van der Waals surface area (Å²) in [4.78, 5) is 4.27. The molecule has 0 amide bonds. The number of aromatic nitrogens is 2. The highest BCUT2D eigenvalue weighted by Crippen LogP contribution is 2.20. The van der Waals surface area contributed by atoms with E-state index in [0.29, 0.717) is 18.3 Å². The third-order valence-electron chi connectivity index (χ3n) is 2.34. The average Bonchev–Trinajstić information content (AvgIpc) is 2.74. The molecule has 0 aliphatic heterocycles. The molecule has 0 saturated heterocycles. The van der Waals surface area contributed by atoms with Crippen LogP contribution >= 0.6 is 0 Å². The summed E-state index contributed by atoms with van der Waals surface area (Å²) in [6, 6.07) is 6.77. The van der Waals surface area contributed by atoms with Crippen LogP contribution in [-0.4, -0.2) is 20.8 Å². The molecule has 96 valence electrons. The van der Waals surface area contributed by atoms with E-state index >= 15 is 0 Å². The Labute approximate surface area is 106 Å². The van der Waals surface area contributed by atoms with Gasteiger partial charge in [0.25, 0.3) is 0 Å². The summed E-state index contributed by atoms with van der Waals surface area (Å²) in [6.45, 7) is 6.73. The number of aromatic hydroxyl groups is 1. The first-order chi connectivity index (χ1) is 8.44. The summed E-state index contributed by atoms with van der Waals surface area (Å²) in [5, 5.41) is 16.6. The number of phenolic OH excluding ortho intramolecular Hbond substituents is 1. The molecule has 0 saturated carbocycles. The number of hydrogen-bond acceptors (Lipinski definition) is 5. The Hall–Kier alpha value is -1.88. The van der Waals surface area contributed by atoms with Crippen LogP contribution in [0.15, 0.2) is 28.8 Å². The van der Waals surface area contributed by atoms with Crippen molar-refractivity contribution < 1.29 is 9.63 Å². The van der Waals surface area contributed by atoms with Crippen LogP contribution in [0.2, 0.25) is 0 Å². The second-order valence-electron chi connectivity index (χ2n) is 5.17. The first-order valence-corrected chi connectivity index (χ1v) is 5.81. The molecule has 2 N–H and O–H groups in total. The average molecular weight is 247 g/mol. The Morgan fingerprint density at radius 2 is 2.11 bits per heavy atom. The van der Waals surface area contributed by atoms with Crippen molar-refractivity contribution in [3.05, 3.63) is 30.2 Å². The van der Waals surface area contributed by atoms with Crippen LogP contribution in [0.25, 0.3) is 11.4 Å². The molecular formula is C13H17N3O2. The number of rotatable bonds is 3. The largest absolute Gasteiger partial charge is 0.508 e. The van der Waals surface area contributed by atoms with Gasteiger partial charge in [-0.25, -0.2) is 0 Å². The van der Waals surface area contributed by atoms with Gasteiger partial charge in [-0.1, -0.05) is 17.3 Å². The summed E-state index contributed by atoms with van der Waals surface area (Å²) in [5.41, 5.74) is 0.736. The van der Waals surface area contributed by atoms with E-state index in [4.69, 9.17) is 4.52 Å². The van der Waals surface area contributed by atoms with Gasteiger partial charge in [-0.2, -0.15) is 4.98 Å². The minimum atomic E-state index is -0.000349. The van der Waals surface area contributed by atoms with Crippen LogP contribution in [0, 0.1) is 0 Å². The summed E-state index contributed by atoms with van der Waals surface area (Å²) in [7, 11) is 0. The van der Waals surface area contributed by atoms with E-state index in [1.165, 1.54) is 0 Å². The Balaban J connectivity index is 2.11. The second kappa shape index (κ2) is 4.78. The minimum absolute atomic E-state index is 0.000349. The predicted octanol–water partition coefficient (Wildman–Crippen LogP) is 2.33. The molecule has 1 aromatic carbocycles. The summed E-state index contributed by atoms with van der Waals surface area (Å²) < 4.78 is 5.15. The fourth-order valence-corrected chi connectivity index (χ4v) is 1.43. The first-order valence-electron chi connectivity index (χ1n) is 5.81. The molecule has 2 rings (SSSR count). The van der Waals surface area contributed by atoms with Gasteiger partial charge >= 0.3 is 0 Å². The van der Waals surface area contributed by atoms with Crippen LogP contribution in [0.5, 0.6) is 5.75 Å². The van der Waals surface area contributed by atoms with E-state index in [9.17, 15) is 5.11 Å². The highest BCUT2D eigenvalue weighted by atomic mass is 16.5. The lowest BCUT2D eigenvalue weighted by molar-refractivity contribution is 0.336. The molecule has 1 aromatic heterocycles. The lowest BCUT2D eigenvalue weighted by Crippen LogP contribution is -2.35. The standard InChI is InChI=1S/C13H17N3O2/c1-13(2,3)14-8-11-15-12(16-18-11)9-5-4-6-10(17)7-9/h4-7,14,17H,8H2,1-3H3. The number of phenols is 1. The molecule has 0 unspecified atom stereocenters. The monoisotopic (exact) mass is 247 g/mol. The maximum absolute atomic E-state index is 9.39. The molecule has 0 fully saturated rings. The van der Waals surface area contributed by atoms with E-state index in [0.717, 1.165) is 5.56 Å². The van der Waals surface area contributed by atoms with Crippen LogP contribution in [0.4, 0.5) is 0 Å². The molecule has 0 aliphatic carbocycles. The maximum Gasteiger partial charge on any atom is 0.240 e. The SMILES string of the molecule is CC(C)(C)NCc1nc(-c2cccc(O)c2)no1. The van der Waals surface area contributed by atoms with Crippen molar-refractivity contribution in [2.24, 2.45) is 0 Å². The topological polar surface area (TPSA) is 71.2 Å². The molecule has 0 spiro atoms. The molecule has 5 nitrogen and oxygen atoms in total. The van der Waals surface area contributed by atoms with E-state index in [2.05, 4.69) is 36.2 Å². The summed E-state index contributed by atoms with van der Waals surface area (Å²) in [6.07, 6.45) is 0. The normalized spacial score (nSPS) is 11.7. The van der Waals surface area contributed by atoms with Gasteiger partial charge in [-0.15, -0.1) is 0 Å².